The SMILES string of the molecule is C/C(=N\O)C1=CCC2C3CCC4=Cc5nnnn5CCC4(C)C3CCC12C. The number of oxime groups is 1. The molecule has 1 aliphatic heterocycles. The lowest BCUT2D eigenvalue weighted by Crippen LogP contribution is -2.49. The second-order valence-corrected chi connectivity index (χ2v) is 9.51. The minimum absolute atomic E-state index is 0.165. The third-order valence-corrected chi connectivity index (χ3v) is 8.56. The summed E-state index contributed by atoms with van der Waals surface area (Å²) in [6, 6.07) is 0. The Morgan fingerprint density at radius 2 is 2.07 bits per heavy atom. The molecule has 0 amide bonds. The fourth-order valence-electron chi connectivity index (χ4n) is 7.06. The fraction of sp³-hybridized carbons (Fsp3) is 0.714. The van der Waals surface area contributed by atoms with Crippen LogP contribution < -0.4 is 0 Å². The van der Waals surface area contributed by atoms with E-state index in [0.29, 0.717) is 11.8 Å². The van der Waals surface area contributed by atoms with Crippen LogP contribution in [0.5, 0.6) is 0 Å². The van der Waals surface area contributed by atoms with E-state index in [-0.39, 0.29) is 10.8 Å². The van der Waals surface area contributed by atoms with Gasteiger partial charge in [0.25, 0.3) is 0 Å². The molecular formula is C21H29N5O. The lowest BCUT2D eigenvalue weighted by Gasteiger charge is -2.57. The highest BCUT2D eigenvalue weighted by atomic mass is 16.4. The zero-order chi connectivity index (χ0) is 18.8. The fourth-order valence-corrected chi connectivity index (χ4v) is 7.06. The Morgan fingerprint density at radius 3 is 2.89 bits per heavy atom. The molecule has 4 aliphatic rings. The molecule has 0 radical (unpaired) electrons. The van der Waals surface area contributed by atoms with E-state index in [1.165, 1.54) is 24.8 Å². The molecule has 0 saturated heterocycles. The molecule has 144 valence electrons. The van der Waals surface area contributed by atoms with Gasteiger partial charge in [-0.3, -0.25) is 0 Å². The largest absolute Gasteiger partial charge is 0.411 e. The zero-order valence-corrected chi connectivity index (χ0v) is 16.5. The molecule has 1 N–H and O–H groups in total. The number of hydrogen-bond donors (Lipinski definition) is 1. The molecule has 2 fully saturated rings. The van der Waals surface area contributed by atoms with Crippen LogP contribution in [0.3, 0.4) is 0 Å². The van der Waals surface area contributed by atoms with Gasteiger partial charge in [-0.15, -0.1) is 5.10 Å². The molecule has 27 heavy (non-hydrogen) atoms. The van der Waals surface area contributed by atoms with Crippen molar-refractivity contribution in [3.8, 4) is 0 Å². The first-order chi connectivity index (χ1) is 13.0. The minimum Gasteiger partial charge on any atom is -0.411 e. The first-order valence-corrected chi connectivity index (χ1v) is 10.3. The van der Waals surface area contributed by atoms with Crippen LogP contribution in [0.1, 0.15) is 65.1 Å². The topological polar surface area (TPSA) is 76.2 Å². The summed E-state index contributed by atoms with van der Waals surface area (Å²) in [6.07, 6.45) is 11.7. The number of nitrogens with zero attached hydrogens (tertiary/aromatic N) is 5. The smallest absolute Gasteiger partial charge is 0.174 e. The number of hydrogen-bond acceptors (Lipinski definition) is 5. The summed E-state index contributed by atoms with van der Waals surface area (Å²) in [4.78, 5) is 0. The molecule has 1 aromatic heterocycles. The minimum atomic E-state index is 0.165. The number of aromatic nitrogens is 4. The predicted octanol–water partition coefficient (Wildman–Crippen LogP) is 4.09. The Hall–Kier alpha value is -1.98. The van der Waals surface area contributed by atoms with Crippen molar-refractivity contribution in [3.63, 3.8) is 0 Å². The van der Waals surface area contributed by atoms with E-state index in [0.717, 1.165) is 43.3 Å². The van der Waals surface area contributed by atoms with Gasteiger partial charge in [0.05, 0.1) is 5.71 Å². The Balaban J connectivity index is 1.49. The van der Waals surface area contributed by atoms with Crippen molar-refractivity contribution >= 4 is 11.8 Å². The lowest BCUT2D eigenvalue weighted by atomic mass is 9.47. The van der Waals surface area contributed by atoms with Gasteiger partial charge >= 0.3 is 0 Å². The second kappa shape index (κ2) is 5.76. The third kappa shape index (κ3) is 2.25. The van der Waals surface area contributed by atoms with Crippen LogP contribution >= 0.6 is 0 Å². The van der Waals surface area contributed by atoms with Crippen molar-refractivity contribution in [3.05, 3.63) is 23.0 Å². The summed E-state index contributed by atoms with van der Waals surface area (Å²) in [6.45, 7) is 7.75. The number of allylic oxidation sites excluding steroid dienone is 3. The van der Waals surface area contributed by atoms with Crippen molar-refractivity contribution in [1.29, 1.82) is 0 Å². The van der Waals surface area contributed by atoms with Crippen LogP contribution in [-0.2, 0) is 6.54 Å². The molecule has 5 rings (SSSR count). The maximum atomic E-state index is 9.34. The first kappa shape index (κ1) is 17.1. The van der Waals surface area contributed by atoms with E-state index >= 15 is 0 Å². The molecule has 0 bridgehead atoms. The molecule has 1 aromatic rings. The van der Waals surface area contributed by atoms with Gasteiger partial charge in [-0.2, -0.15) is 0 Å². The van der Waals surface area contributed by atoms with Crippen molar-refractivity contribution in [2.24, 2.45) is 33.7 Å². The maximum absolute atomic E-state index is 9.34. The van der Waals surface area contributed by atoms with Crippen molar-refractivity contribution in [2.45, 2.75) is 65.8 Å². The molecule has 6 nitrogen and oxygen atoms in total. The summed E-state index contributed by atoms with van der Waals surface area (Å²) in [5, 5.41) is 25.1. The van der Waals surface area contributed by atoms with Gasteiger partial charge in [0.15, 0.2) is 5.82 Å². The molecule has 2 saturated carbocycles. The quantitative estimate of drug-likeness (QED) is 0.461. The average molecular weight is 367 g/mol. The van der Waals surface area contributed by atoms with Crippen LogP contribution in [-0.4, -0.2) is 31.1 Å². The van der Waals surface area contributed by atoms with Crippen LogP contribution in [0, 0.1) is 28.6 Å². The van der Waals surface area contributed by atoms with E-state index < -0.39 is 0 Å². The van der Waals surface area contributed by atoms with Crippen LogP contribution in [0.2, 0.25) is 0 Å². The normalized spacial score (nSPS) is 40.9. The number of aryl methyl sites for hydroxylation is 1. The van der Waals surface area contributed by atoms with Crippen molar-refractivity contribution in [2.75, 3.05) is 0 Å². The number of rotatable bonds is 1. The third-order valence-electron chi connectivity index (χ3n) is 8.56. The Bertz CT molecular complexity index is 868. The van der Waals surface area contributed by atoms with E-state index in [1.54, 1.807) is 5.57 Å². The molecule has 0 spiro atoms. The Kier molecular flexibility index (Phi) is 3.66. The predicted molar refractivity (Wildman–Crippen MR) is 103 cm³/mol. The molecule has 2 heterocycles. The molecule has 0 aromatic carbocycles. The highest BCUT2D eigenvalue weighted by Gasteiger charge is 2.57. The molecule has 5 atom stereocenters. The summed E-state index contributed by atoms with van der Waals surface area (Å²) < 4.78 is 1.97. The molecule has 6 heteroatoms. The summed E-state index contributed by atoms with van der Waals surface area (Å²) >= 11 is 0. The Labute approximate surface area is 160 Å². The van der Waals surface area contributed by atoms with Crippen LogP contribution in [0.4, 0.5) is 0 Å². The standard InChI is InChI=1S/C21H29N5O/c1-13(23-27)16-6-7-17-15-5-4-14-12-19-22-24-25-26(19)11-10-20(14,2)18(15)8-9-21(16,17)3/h6,12,15,17-18,27H,4-5,7-11H2,1-3H3/b23-13+. The van der Waals surface area contributed by atoms with Gasteiger partial charge in [0.2, 0.25) is 0 Å². The molecule has 5 unspecified atom stereocenters. The van der Waals surface area contributed by atoms with Gasteiger partial charge in [0, 0.05) is 6.54 Å². The monoisotopic (exact) mass is 367 g/mol. The van der Waals surface area contributed by atoms with Gasteiger partial charge in [0.1, 0.15) is 0 Å². The van der Waals surface area contributed by atoms with Crippen molar-refractivity contribution in [1.82, 2.24) is 20.2 Å². The second-order valence-electron chi connectivity index (χ2n) is 9.51. The van der Waals surface area contributed by atoms with E-state index in [1.807, 2.05) is 11.6 Å². The van der Waals surface area contributed by atoms with Gasteiger partial charge in [-0.1, -0.05) is 30.7 Å². The zero-order valence-electron chi connectivity index (χ0n) is 16.5. The van der Waals surface area contributed by atoms with Gasteiger partial charge < -0.3 is 5.21 Å². The number of fused-ring (bicyclic) bond motifs is 6. The molecular weight excluding hydrogens is 338 g/mol. The van der Waals surface area contributed by atoms with Crippen LogP contribution in [0.15, 0.2) is 22.4 Å². The summed E-state index contributed by atoms with van der Waals surface area (Å²) in [7, 11) is 0. The highest BCUT2D eigenvalue weighted by Crippen LogP contribution is 2.65. The molecule has 3 aliphatic carbocycles. The van der Waals surface area contributed by atoms with Gasteiger partial charge in [-0.05, 0) is 96.1 Å². The van der Waals surface area contributed by atoms with Crippen LogP contribution in [0.25, 0.3) is 6.08 Å². The summed E-state index contributed by atoms with van der Waals surface area (Å²) in [5.74, 6) is 3.05. The van der Waals surface area contributed by atoms with E-state index in [9.17, 15) is 5.21 Å². The van der Waals surface area contributed by atoms with E-state index in [4.69, 9.17) is 0 Å². The Morgan fingerprint density at radius 1 is 1.22 bits per heavy atom. The van der Waals surface area contributed by atoms with E-state index in [2.05, 4.69) is 46.7 Å². The first-order valence-electron chi connectivity index (χ1n) is 10.3. The highest BCUT2D eigenvalue weighted by molar-refractivity contribution is 5.99. The van der Waals surface area contributed by atoms with Crippen molar-refractivity contribution < 1.29 is 5.21 Å². The van der Waals surface area contributed by atoms with Gasteiger partial charge in [-0.25, -0.2) is 4.68 Å². The summed E-state index contributed by atoms with van der Waals surface area (Å²) in [5.41, 5.74) is 4.05. The maximum Gasteiger partial charge on any atom is 0.174 e. The number of tetrazole rings is 1. The lowest BCUT2D eigenvalue weighted by molar-refractivity contribution is -0.0244. The average Bonchev–Trinajstić information content (AvgIpc) is 3.22.